The van der Waals surface area contributed by atoms with Crippen LogP contribution in [0.15, 0.2) is 53.5 Å². The summed E-state index contributed by atoms with van der Waals surface area (Å²) in [6.45, 7) is 2.07. The summed E-state index contributed by atoms with van der Waals surface area (Å²) in [5.41, 5.74) is 5.30. The lowest BCUT2D eigenvalue weighted by Gasteiger charge is -1.98. The summed E-state index contributed by atoms with van der Waals surface area (Å²) in [6, 6.07) is 16.3. The molecule has 0 aliphatic rings. The maximum Gasteiger partial charge on any atom is 0.208 e. The van der Waals surface area contributed by atoms with Crippen LogP contribution in [-0.4, -0.2) is 9.55 Å². The molecular formula is C15H15N3. The smallest absolute Gasteiger partial charge is 0.208 e. The summed E-state index contributed by atoms with van der Waals surface area (Å²) in [7, 11) is 2.02. The van der Waals surface area contributed by atoms with Crippen LogP contribution in [0.5, 0.6) is 0 Å². The number of nitrogens with zero attached hydrogens (tertiary/aromatic N) is 2. The molecule has 0 aliphatic heterocycles. The van der Waals surface area contributed by atoms with E-state index < -0.39 is 0 Å². The molecule has 3 aromatic rings. The molecule has 90 valence electrons. The van der Waals surface area contributed by atoms with Crippen molar-refractivity contribution >= 4 is 16.7 Å². The second kappa shape index (κ2) is 4.18. The lowest BCUT2D eigenvalue weighted by Crippen LogP contribution is -2.14. The van der Waals surface area contributed by atoms with Gasteiger partial charge in [-0.15, -0.1) is 0 Å². The lowest BCUT2D eigenvalue weighted by molar-refractivity contribution is 0.857. The van der Waals surface area contributed by atoms with Gasteiger partial charge in [0.2, 0.25) is 5.62 Å². The second-order valence-electron chi connectivity index (χ2n) is 4.42. The minimum atomic E-state index is 0.866. The van der Waals surface area contributed by atoms with E-state index in [1.165, 1.54) is 5.56 Å². The van der Waals surface area contributed by atoms with E-state index in [9.17, 15) is 0 Å². The Morgan fingerprint density at radius 1 is 1.00 bits per heavy atom. The Balaban J connectivity index is 2.27. The van der Waals surface area contributed by atoms with Gasteiger partial charge in [-0.25, -0.2) is 4.99 Å². The first-order valence-corrected chi connectivity index (χ1v) is 6.00. The number of aryl methyl sites for hydroxylation is 2. The Morgan fingerprint density at radius 3 is 2.50 bits per heavy atom. The third kappa shape index (κ3) is 1.74. The number of hydrogen-bond acceptors (Lipinski definition) is 1. The Hall–Kier alpha value is -2.29. The molecule has 3 rings (SSSR count). The van der Waals surface area contributed by atoms with Gasteiger partial charge in [-0.05, 0) is 30.7 Å². The van der Waals surface area contributed by atoms with Crippen LogP contribution in [0.25, 0.3) is 11.0 Å². The number of aromatic amines is 1. The van der Waals surface area contributed by atoms with Gasteiger partial charge in [0.25, 0.3) is 0 Å². The normalized spacial score (nSPS) is 12.2. The molecule has 0 bridgehead atoms. The fourth-order valence-electron chi connectivity index (χ4n) is 2.10. The van der Waals surface area contributed by atoms with E-state index in [4.69, 9.17) is 0 Å². The summed E-state index contributed by atoms with van der Waals surface area (Å²) >= 11 is 0. The number of fused-ring (bicyclic) bond motifs is 1. The third-order valence-electron chi connectivity index (χ3n) is 3.17. The average Bonchev–Trinajstić information content (AvgIpc) is 2.70. The number of H-pyrrole nitrogens is 1. The molecular weight excluding hydrogens is 222 g/mol. The van der Waals surface area contributed by atoms with Crippen molar-refractivity contribution in [2.45, 2.75) is 6.92 Å². The molecule has 0 unspecified atom stereocenters. The van der Waals surface area contributed by atoms with Crippen molar-refractivity contribution in [3.63, 3.8) is 0 Å². The first kappa shape index (κ1) is 10.8. The van der Waals surface area contributed by atoms with Gasteiger partial charge in [-0.2, -0.15) is 0 Å². The van der Waals surface area contributed by atoms with E-state index in [2.05, 4.69) is 39.7 Å². The molecule has 0 aliphatic carbocycles. The predicted molar refractivity (Wildman–Crippen MR) is 73.7 cm³/mol. The molecule has 1 heterocycles. The van der Waals surface area contributed by atoms with E-state index in [0.29, 0.717) is 0 Å². The average molecular weight is 237 g/mol. The molecule has 0 fully saturated rings. The molecule has 0 saturated heterocycles. The molecule has 0 spiro atoms. The van der Waals surface area contributed by atoms with Gasteiger partial charge in [0, 0.05) is 7.05 Å². The Morgan fingerprint density at radius 2 is 1.72 bits per heavy atom. The zero-order chi connectivity index (χ0) is 12.5. The second-order valence-corrected chi connectivity index (χ2v) is 4.42. The quantitative estimate of drug-likeness (QED) is 0.675. The number of rotatable bonds is 1. The predicted octanol–water partition coefficient (Wildman–Crippen LogP) is 3.05. The Bertz CT molecular complexity index is 763. The molecule has 18 heavy (non-hydrogen) atoms. The van der Waals surface area contributed by atoms with Crippen LogP contribution in [-0.2, 0) is 7.05 Å². The van der Waals surface area contributed by atoms with Crippen LogP contribution in [0, 0.1) is 6.92 Å². The highest BCUT2D eigenvalue weighted by atomic mass is 15.1. The van der Waals surface area contributed by atoms with Crippen LogP contribution in [0.2, 0.25) is 0 Å². The van der Waals surface area contributed by atoms with Gasteiger partial charge in [0.1, 0.15) is 0 Å². The number of aromatic nitrogens is 2. The standard InChI is InChI=1S/C15H15N3/c1-11-7-3-4-8-12(11)16-15-17-13-9-5-6-10-14(13)18(15)2/h3-10H,1-2H3,(H,16,17). The van der Waals surface area contributed by atoms with Crippen molar-refractivity contribution in [2.24, 2.45) is 12.0 Å². The van der Waals surface area contributed by atoms with Crippen molar-refractivity contribution < 1.29 is 0 Å². The summed E-state index contributed by atoms with van der Waals surface area (Å²) in [6.07, 6.45) is 0. The largest absolute Gasteiger partial charge is 0.324 e. The third-order valence-corrected chi connectivity index (χ3v) is 3.17. The van der Waals surface area contributed by atoms with Crippen molar-refractivity contribution in [3.8, 4) is 0 Å². The van der Waals surface area contributed by atoms with Crippen LogP contribution in [0.4, 0.5) is 5.69 Å². The van der Waals surface area contributed by atoms with Crippen LogP contribution < -0.4 is 5.62 Å². The molecule has 1 aromatic heterocycles. The Labute approximate surface area is 105 Å². The monoisotopic (exact) mass is 237 g/mol. The minimum absolute atomic E-state index is 0.866. The maximum absolute atomic E-state index is 4.68. The molecule has 2 aromatic carbocycles. The first-order valence-electron chi connectivity index (χ1n) is 6.00. The van der Waals surface area contributed by atoms with E-state index in [-0.39, 0.29) is 0 Å². The van der Waals surface area contributed by atoms with Gasteiger partial charge in [-0.3, -0.25) is 0 Å². The fourth-order valence-corrected chi connectivity index (χ4v) is 2.10. The van der Waals surface area contributed by atoms with E-state index in [1.807, 2.05) is 37.4 Å². The van der Waals surface area contributed by atoms with Gasteiger partial charge in [0.05, 0.1) is 16.7 Å². The number of hydrogen-bond donors (Lipinski definition) is 1. The molecule has 3 heteroatoms. The molecule has 3 nitrogen and oxygen atoms in total. The lowest BCUT2D eigenvalue weighted by atomic mass is 10.2. The fraction of sp³-hybridized carbons (Fsp3) is 0.133. The number of para-hydroxylation sites is 3. The molecule has 0 atom stereocenters. The molecule has 1 N–H and O–H groups in total. The van der Waals surface area contributed by atoms with Gasteiger partial charge < -0.3 is 9.55 Å². The summed E-state index contributed by atoms with van der Waals surface area (Å²) < 4.78 is 2.07. The summed E-state index contributed by atoms with van der Waals surface area (Å²) in [5, 5.41) is 0. The highest BCUT2D eigenvalue weighted by molar-refractivity contribution is 5.74. The minimum Gasteiger partial charge on any atom is -0.324 e. The molecule has 0 radical (unpaired) electrons. The Kier molecular flexibility index (Phi) is 2.52. The number of benzene rings is 2. The summed E-state index contributed by atoms with van der Waals surface area (Å²) in [5.74, 6) is 0. The SMILES string of the molecule is Cc1ccccc1/N=c1\[nH]c2ccccc2n1C. The van der Waals surface area contributed by atoms with Gasteiger partial charge >= 0.3 is 0 Å². The van der Waals surface area contributed by atoms with Crippen LogP contribution in [0.1, 0.15) is 5.56 Å². The van der Waals surface area contributed by atoms with E-state index in [1.54, 1.807) is 0 Å². The van der Waals surface area contributed by atoms with Crippen molar-refractivity contribution in [2.75, 3.05) is 0 Å². The highest BCUT2D eigenvalue weighted by Gasteiger charge is 2.01. The maximum atomic E-state index is 4.68. The molecule has 0 amide bonds. The van der Waals surface area contributed by atoms with Crippen LogP contribution >= 0.6 is 0 Å². The number of imidazole rings is 1. The zero-order valence-corrected chi connectivity index (χ0v) is 10.5. The number of nitrogens with one attached hydrogen (secondary N) is 1. The van der Waals surface area contributed by atoms with E-state index >= 15 is 0 Å². The van der Waals surface area contributed by atoms with Gasteiger partial charge in [-0.1, -0.05) is 30.3 Å². The first-order chi connectivity index (χ1) is 8.75. The topological polar surface area (TPSA) is 33.1 Å². The zero-order valence-electron chi connectivity index (χ0n) is 10.5. The molecule has 0 saturated carbocycles. The highest BCUT2D eigenvalue weighted by Crippen LogP contribution is 2.16. The van der Waals surface area contributed by atoms with Crippen molar-refractivity contribution in [3.05, 3.63) is 59.7 Å². The summed E-state index contributed by atoms with van der Waals surface area (Å²) in [4.78, 5) is 8.02. The van der Waals surface area contributed by atoms with Crippen molar-refractivity contribution in [1.29, 1.82) is 0 Å². The van der Waals surface area contributed by atoms with Gasteiger partial charge in [0.15, 0.2) is 0 Å². The van der Waals surface area contributed by atoms with Crippen LogP contribution in [0.3, 0.4) is 0 Å². The van der Waals surface area contributed by atoms with Crippen molar-refractivity contribution in [1.82, 2.24) is 9.55 Å². The van der Waals surface area contributed by atoms with E-state index in [0.717, 1.165) is 22.3 Å².